The highest BCUT2D eigenvalue weighted by Crippen LogP contribution is 2.31. The number of amides is 1. The number of thioether (sulfide) groups is 1. The molecule has 0 atom stereocenters. The zero-order chi connectivity index (χ0) is 26.6. The van der Waals surface area contributed by atoms with Crippen LogP contribution in [0.4, 0.5) is 0 Å². The molecule has 0 unspecified atom stereocenters. The fraction of sp³-hybridized carbons (Fsp3) is 0.0909. The molecule has 39 heavy (non-hydrogen) atoms. The summed E-state index contributed by atoms with van der Waals surface area (Å²) in [4.78, 5) is 13.0. The highest BCUT2D eigenvalue weighted by molar-refractivity contribution is 8.26. The molecule has 5 aromatic rings. The lowest BCUT2D eigenvalue weighted by Gasteiger charge is -2.11. The van der Waals surface area contributed by atoms with Crippen LogP contribution >= 0.6 is 24.0 Å². The number of rotatable bonds is 8. The minimum absolute atomic E-state index is 0.154. The van der Waals surface area contributed by atoms with Crippen LogP contribution in [0, 0.1) is 0 Å². The van der Waals surface area contributed by atoms with Crippen LogP contribution in [0.3, 0.4) is 0 Å². The van der Waals surface area contributed by atoms with Crippen LogP contribution in [0.15, 0.2) is 114 Å². The van der Waals surface area contributed by atoms with Gasteiger partial charge in [0.1, 0.15) is 16.7 Å². The van der Waals surface area contributed by atoms with Crippen molar-refractivity contribution in [2.75, 3.05) is 0 Å². The van der Waals surface area contributed by atoms with E-state index in [1.165, 1.54) is 28.5 Å². The van der Waals surface area contributed by atoms with Crippen LogP contribution in [-0.4, -0.2) is 14.8 Å². The average Bonchev–Trinajstić information content (AvgIpc) is 3.46. The summed E-state index contributed by atoms with van der Waals surface area (Å²) in [5.74, 6) is 0.654. The number of thiocarbonyl (C=S) groups is 1. The largest absolute Gasteiger partial charge is 0.489 e. The van der Waals surface area contributed by atoms with Crippen LogP contribution in [0.2, 0.25) is 0 Å². The predicted octanol–water partition coefficient (Wildman–Crippen LogP) is 7.35. The smallest absolute Gasteiger partial charge is 0.263 e. The van der Waals surface area contributed by atoms with E-state index in [9.17, 15) is 4.79 Å². The van der Waals surface area contributed by atoms with Gasteiger partial charge in [-0.25, -0.2) is 0 Å². The summed E-state index contributed by atoms with van der Waals surface area (Å²) in [6.07, 6.45) is 2.83. The van der Waals surface area contributed by atoms with E-state index >= 15 is 0 Å². The van der Waals surface area contributed by atoms with Gasteiger partial charge in [-0.3, -0.25) is 4.79 Å². The van der Waals surface area contributed by atoms with Crippen molar-refractivity contribution in [3.63, 3.8) is 0 Å². The Kier molecular flexibility index (Phi) is 7.30. The molecule has 1 amide bonds. The third-order valence-electron chi connectivity index (χ3n) is 6.69. The van der Waals surface area contributed by atoms with Crippen LogP contribution in [-0.2, 0) is 24.4 Å². The van der Waals surface area contributed by atoms with Gasteiger partial charge in [-0.2, -0.15) is 0 Å². The van der Waals surface area contributed by atoms with Gasteiger partial charge < -0.3 is 14.6 Å². The van der Waals surface area contributed by atoms with Gasteiger partial charge in [0.25, 0.3) is 5.91 Å². The van der Waals surface area contributed by atoms with E-state index in [-0.39, 0.29) is 5.91 Å². The lowest BCUT2D eigenvalue weighted by atomic mass is 10.0. The van der Waals surface area contributed by atoms with E-state index in [2.05, 4.69) is 88.7 Å². The molecule has 1 aliphatic rings. The minimum Gasteiger partial charge on any atom is -0.489 e. The van der Waals surface area contributed by atoms with Crippen molar-refractivity contribution in [3.05, 3.63) is 142 Å². The molecule has 1 aliphatic heterocycles. The van der Waals surface area contributed by atoms with E-state index in [4.69, 9.17) is 17.0 Å². The summed E-state index contributed by atoms with van der Waals surface area (Å²) in [6, 6.07) is 37.7. The monoisotopic (exact) mass is 546 g/mol. The van der Waals surface area contributed by atoms with Gasteiger partial charge >= 0.3 is 0 Å². The van der Waals surface area contributed by atoms with Crippen molar-refractivity contribution in [1.29, 1.82) is 0 Å². The number of benzene rings is 4. The third-order valence-corrected chi connectivity index (χ3v) is 7.85. The first-order valence-electron chi connectivity index (χ1n) is 12.8. The first kappa shape index (κ1) is 25.2. The quantitative estimate of drug-likeness (QED) is 0.163. The van der Waals surface area contributed by atoms with Gasteiger partial charge in [-0.1, -0.05) is 109 Å². The summed E-state index contributed by atoms with van der Waals surface area (Å²) >= 11 is 6.50. The molecule has 6 heteroatoms. The average molecular weight is 547 g/mol. The van der Waals surface area contributed by atoms with Crippen LogP contribution in [0.1, 0.15) is 27.9 Å². The molecule has 6 rings (SSSR count). The summed E-state index contributed by atoms with van der Waals surface area (Å²) in [5.41, 5.74) is 6.90. The molecule has 0 aliphatic carbocycles. The number of fused-ring (bicyclic) bond motifs is 1. The van der Waals surface area contributed by atoms with Crippen molar-refractivity contribution in [3.8, 4) is 5.75 Å². The van der Waals surface area contributed by atoms with Gasteiger partial charge in [0.2, 0.25) is 0 Å². The first-order valence-corrected chi connectivity index (χ1v) is 14.0. The summed E-state index contributed by atoms with van der Waals surface area (Å²) < 4.78 is 8.81. The molecule has 4 nitrogen and oxygen atoms in total. The second kappa shape index (κ2) is 11.3. The predicted molar refractivity (Wildman–Crippen MR) is 164 cm³/mol. The van der Waals surface area contributed by atoms with Gasteiger partial charge in [-0.15, -0.1) is 0 Å². The SMILES string of the molecule is O=C1NC(=S)S/C1=C/c1cc2cc(OCc3ccccc3)ccc2n1Cc1ccc(Cc2ccccc2)cc1. The molecule has 0 bridgehead atoms. The molecule has 1 saturated heterocycles. The fourth-order valence-electron chi connectivity index (χ4n) is 4.73. The lowest BCUT2D eigenvalue weighted by Crippen LogP contribution is -2.17. The summed E-state index contributed by atoms with van der Waals surface area (Å²) in [7, 11) is 0. The highest BCUT2D eigenvalue weighted by Gasteiger charge is 2.23. The van der Waals surface area contributed by atoms with E-state index in [1.54, 1.807) is 0 Å². The number of carbonyl (C=O) groups excluding carboxylic acids is 1. The normalized spacial score (nSPS) is 14.2. The van der Waals surface area contributed by atoms with E-state index < -0.39 is 0 Å². The number of hydrogen-bond acceptors (Lipinski definition) is 4. The molecule has 1 fully saturated rings. The number of carbonyl (C=O) groups is 1. The van der Waals surface area contributed by atoms with Gasteiger partial charge in [0, 0.05) is 23.1 Å². The van der Waals surface area contributed by atoms with Gasteiger partial charge in [0.15, 0.2) is 0 Å². The zero-order valence-corrected chi connectivity index (χ0v) is 22.8. The summed E-state index contributed by atoms with van der Waals surface area (Å²) in [5, 5.41) is 3.77. The molecular weight excluding hydrogens is 521 g/mol. The molecule has 2 heterocycles. The Morgan fingerprint density at radius 1 is 0.795 bits per heavy atom. The maximum absolute atomic E-state index is 12.4. The molecule has 1 aromatic heterocycles. The van der Waals surface area contributed by atoms with Gasteiger partial charge in [-0.05, 0) is 59.0 Å². The third kappa shape index (κ3) is 5.98. The van der Waals surface area contributed by atoms with E-state index in [1.807, 2.05) is 36.4 Å². The standard InChI is InChI=1S/C33H26N2O2S2/c36-32-31(39-33(38)34-32)20-28-18-27-19-29(37-22-26-9-5-2-6-10-26)15-16-30(27)35(28)21-25-13-11-24(12-14-25)17-23-7-3-1-4-8-23/h1-16,18-20H,17,21-22H2,(H,34,36,38)/b31-20+. The minimum atomic E-state index is -0.154. The van der Waals surface area contributed by atoms with Crippen LogP contribution in [0.5, 0.6) is 5.75 Å². The Morgan fingerprint density at radius 2 is 1.46 bits per heavy atom. The second-order valence-electron chi connectivity index (χ2n) is 9.48. The Hall–Kier alpha value is -4.13. The fourth-order valence-corrected chi connectivity index (χ4v) is 5.76. The van der Waals surface area contributed by atoms with Crippen LogP contribution < -0.4 is 10.1 Å². The zero-order valence-electron chi connectivity index (χ0n) is 21.2. The van der Waals surface area contributed by atoms with Crippen molar-refractivity contribution < 1.29 is 9.53 Å². The second-order valence-corrected chi connectivity index (χ2v) is 11.2. The number of ether oxygens (including phenoxy) is 1. The summed E-state index contributed by atoms with van der Waals surface area (Å²) in [6.45, 7) is 1.18. The molecule has 0 radical (unpaired) electrons. The molecule has 0 saturated carbocycles. The highest BCUT2D eigenvalue weighted by atomic mass is 32.2. The Balaban J connectivity index is 1.30. The van der Waals surface area contributed by atoms with Crippen molar-refractivity contribution in [2.24, 2.45) is 0 Å². The van der Waals surface area contributed by atoms with Crippen molar-refractivity contribution >= 4 is 51.2 Å². The molecule has 192 valence electrons. The topological polar surface area (TPSA) is 43.3 Å². The number of nitrogens with one attached hydrogen (secondary N) is 1. The Morgan fingerprint density at radius 3 is 2.15 bits per heavy atom. The van der Waals surface area contributed by atoms with Crippen LogP contribution in [0.25, 0.3) is 17.0 Å². The maximum Gasteiger partial charge on any atom is 0.263 e. The number of hydrogen-bond donors (Lipinski definition) is 1. The Bertz CT molecular complexity index is 1670. The molecule has 1 N–H and O–H groups in total. The number of nitrogens with zero attached hydrogens (tertiary/aromatic N) is 1. The molecule has 0 spiro atoms. The number of aromatic nitrogens is 1. The van der Waals surface area contributed by atoms with Crippen molar-refractivity contribution in [1.82, 2.24) is 9.88 Å². The first-order chi connectivity index (χ1) is 19.1. The molecule has 4 aromatic carbocycles. The van der Waals surface area contributed by atoms with Crippen molar-refractivity contribution in [2.45, 2.75) is 19.6 Å². The lowest BCUT2D eigenvalue weighted by molar-refractivity contribution is -0.115. The van der Waals surface area contributed by atoms with E-state index in [0.29, 0.717) is 22.4 Å². The van der Waals surface area contributed by atoms with Gasteiger partial charge in [0.05, 0.1) is 4.91 Å². The molecular formula is C33H26N2O2S2. The maximum atomic E-state index is 12.4. The Labute approximate surface area is 237 Å². The van der Waals surface area contributed by atoms with E-state index in [0.717, 1.165) is 34.3 Å².